The molecule has 2 amide bonds. The number of ether oxygens (including phenoxy) is 1. The molecule has 1 saturated heterocycles. The molecule has 3 rings (SSSR count). The Kier molecular flexibility index (Phi) is 5.18. The lowest BCUT2D eigenvalue weighted by Gasteiger charge is -2.29. The maximum atomic E-state index is 12.3. The van der Waals surface area contributed by atoms with Gasteiger partial charge in [-0.3, -0.25) is 0 Å². The fraction of sp³-hybridized carbons (Fsp3) is 0.562. The quantitative estimate of drug-likeness (QED) is 0.872. The average molecular weight is 324 g/mol. The van der Waals surface area contributed by atoms with Crippen molar-refractivity contribution in [3.8, 4) is 0 Å². The second-order valence-corrected chi connectivity index (χ2v) is 6.26. The minimum absolute atomic E-state index is 0.0200. The number of urea groups is 1. The van der Waals surface area contributed by atoms with Crippen LogP contribution in [-0.4, -0.2) is 49.8 Å². The van der Waals surface area contributed by atoms with E-state index in [1.54, 1.807) is 0 Å². The summed E-state index contributed by atoms with van der Waals surface area (Å²) in [7, 11) is 0. The third-order valence-corrected chi connectivity index (χ3v) is 4.41. The van der Waals surface area contributed by atoms with Crippen LogP contribution in [0.25, 0.3) is 0 Å². The second kappa shape index (κ2) is 7.31. The van der Waals surface area contributed by atoms with E-state index >= 15 is 0 Å². The van der Waals surface area contributed by atoms with Gasteiger partial charge in [-0.1, -0.05) is 17.7 Å². The van der Waals surface area contributed by atoms with Crippen LogP contribution in [0.1, 0.15) is 17.5 Å². The van der Waals surface area contributed by atoms with E-state index in [0.29, 0.717) is 13.1 Å². The minimum Gasteiger partial charge on any atom is -0.375 e. The lowest BCUT2D eigenvalue weighted by molar-refractivity contribution is 0.0670. The second-order valence-electron chi connectivity index (χ2n) is 5.82. The molecule has 5 nitrogen and oxygen atoms in total. The van der Waals surface area contributed by atoms with Gasteiger partial charge in [0.2, 0.25) is 0 Å². The highest BCUT2D eigenvalue weighted by Gasteiger charge is 2.21. The van der Waals surface area contributed by atoms with Crippen molar-refractivity contribution in [1.82, 2.24) is 15.5 Å². The number of hydrogen-bond donors (Lipinski definition) is 2. The summed E-state index contributed by atoms with van der Waals surface area (Å²) < 4.78 is 5.70. The van der Waals surface area contributed by atoms with Crippen LogP contribution < -0.4 is 10.6 Å². The molecular weight excluding hydrogens is 302 g/mol. The minimum atomic E-state index is -0.0200. The zero-order chi connectivity index (χ0) is 15.4. The zero-order valence-electron chi connectivity index (χ0n) is 12.6. The number of hydrogen-bond acceptors (Lipinski definition) is 3. The van der Waals surface area contributed by atoms with Gasteiger partial charge in [-0.05, 0) is 42.6 Å². The van der Waals surface area contributed by atoms with Crippen LogP contribution in [0.5, 0.6) is 0 Å². The predicted molar refractivity (Wildman–Crippen MR) is 86.2 cm³/mol. The van der Waals surface area contributed by atoms with Crippen molar-refractivity contribution in [2.24, 2.45) is 0 Å². The van der Waals surface area contributed by atoms with Gasteiger partial charge in [0.15, 0.2) is 0 Å². The molecule has 6 heteroatoms. The van der Waals surface area contributed by atoms with E-state index in [1.807, 2.05) is 23.1 Å². The summed E-state index contributed by atoms with van der Waals surface area (Å²) in [6.45, 7) is 4.45. The molecule has 2 N–H and O–H groups in total. The first kappa shape index (κ1) is 15.6. The standard InChI is InChI=1S/C16H22ClN3O2/c17-14-3-2-13-11-20(6-4-12(13)8-14)16(21)19-10-15-9-18-5-1-7-22-15/h2-3,8,15,18H,1,4-7,9-11H2,(H,19,21). The predicted octanol–water partition coefficient (Wildman–Crippen LogP) is 1.79. The normalized spacial score (nSPS) is 21.9. The molecule has 120 valence electrons. The molecule has 2 heterocycles. The Bertz CT molecular complexity index is 530. The summed E-state index contributed by atoms with van der Waals surface area (Å²) in [5, 5.41) is 7.06. The third kappa shape index (κ3) is 3.91. The molecule has 1 atom stereocenters. The van der Waals surface area contributed by atoms with Crippen LogP contribution in [0.4, 0.5) is 4.79 Å². The van der Waals surface area contributed by atoms with E-state index in [-0.39, 0.29) is 12.1 Å². The summed E-state index contributed by atoms with van der Waals surface area (Å²) in [5.41, 5.74) is 2.42. The number of nitrogens with zero attached hydrogens (tertiary/aromatic N) is 1. The largest absolute Gasteiger partial charge is 0.375 e. The van der Waals surface area contributed by atoms with Crippen LogP contribution in [0.2, 0.25) is 5.02 Å². The van der Waals surface area contributed by atoms with Gasteiger partial charge >= 0.3 is 6.03 Å². The molecule has 1 unspecified atom stereocenters. The highest BCUT2D eigenvalue weighted by molar-refractivity contribution is 6.30. The lowest BCUT2D eigenvalue weighted by atomic mass is 10.0. The Hall–Kier alpha value is -1.30. The molecule has 1 aromatic rings. The fourth-order valence-corrected chi connectivity index (χ4v) is 3.10. The fourth-order valence-electron chi connectivity index (χ4n) is 2.91. The third-order valence-electron chi connectivity index (χ3n) is 4.17. The van der Waals surface area contributed by atoms with Crippen molar-refractivity contribution in [1.29, 1.82) is 0 Å². The smallest absolute Gasteiger partial charge is 0.317 e. The number of nitrogens with one attached hydrogen (secondary N) is 2. The van der Waals surface area contributed by atoms with E-state index in [0.717, 1.165) is 44.1 Å². The number of halogens is 1. The van der Waals surface area contributed by atoms with Gasteiger partial charge < -0.3 is 20.3 Å². The molecule has 22 heavy (non-hydrogen) atoms. The van der Waals surface area contributed by atoms with Crippen molar-refractivity contribution in [2.75, 3.05) is 32.8 Å². The van der Waals surface area contributed by atoms with Crippen LogP contribution >= 0.6 is 11.6 Å². The van der Waals surface area contributed by atoms with Gasteiger partial charge in [0.05, 0.1) is 6.10 Å². The van der Waals surface area contributed by atoms with Crippen molar-refractivity contribution in [2.45, 2.75) is 25.5 Å². The topological polar surface area (TPSA) is 53.6 Å². The SMILES string of the molecule is O=C(NCC1CNCCCO1)N1CCc2cc(Cl)ccc2C1. The van der Waals surface area contributed by atoms with Gasteiger partial charge in [-0.25, -0.2) is 4.79 Å². The van der Waals surface area contributed by atoms with E-state index in [1.165, 1.54) is 11.1 Å². The van der Waals surface area contributed by atoms with Gasteiger partial charge in [0.25, 0.3) is 0 Å². The van der Waals surface area contributed by atoms with Crippen LogP contribution in [0.3, 0.4) is 0 Å². The van der Waals surface area contributed by atoms with Crippen LogP contribution in [0, 0.1) is 0 Å². The zero-order valence-corrected chi connectivity index (χ0v) is 13.4. The monoisotopic (exact) mass is 323 g/mol. The van der Waals surface area contributed by atoms with Crippen LogP contribution in [-0.2, 0) is 17.7 Å². The first-order valence-electron chi connectivity index (χ1n) is 7.85. The number of rotatable bonds is 2. The Labute approximate surface area is 136 Å². The number of carbonyl (C=O) groups is 1. The molecule has 0 aliphatic carbocycles. The summed E-state index contributed by atoms with van der Waals surface area (Å²) in [4.78, 5) is 14.2. The van der Waals surface area contributed by atoms with Crippen molar-refractivity contribution < 1.29 is 9.53 Å². The summed E-state index contributed by atoms with van der Waals surface area (Å²) in [5.74, 6) is 0. The van der Waals surface area contributed by atoms with E-state index < -0.39 is 0 Å². The highest BCUT2D eigenvalue weighted by Crippen LogP contribution is 2.22. The van der Waals surface area contributed by atoms with Gasteiger partial charge in [0.1, 0.15) is 0 Å². The van der Waals surface area contributed by atoms with Crippen molar-refractivity contribution in [3.05, 3.63) is 34.3 Å². The molecular formula is C16H22ClN3O2. The molecule has 2 aliphatic rings. The summed E-state index contributed by atoms with van der Waals surface area (Å²) in [6.07, 6.45) is 1.93. The molecule has 1 fully saturated rings. The van der Waals surface area contributed by atoms with Crippen LogP contribution in [0.15, 0.2) is 18.2 Å². The number of carbonyl (C=O) groups excluding carboxylic acids is 1. The maximum Gasteiger partial charge on any atom is 0.317 e. The summed E-state index contributed by atoms with van der Waals surface area (Å²) >= 11 is 6.01. The Morgan fingerprint density at radius 3 is 3.27 bits per heavy atom. The van der Waals surface area contributed by atoms with Crippen molar-refractivity contribution >= 4 is 17.6 Å². The maximum absolute atomic E-state index is 12.3. The van der Waals surface area contributed by atoms with Gasteiger partial charge in [-0.15, -0.1) is 0 Å². The Balaban J connectivity index is 1.51. The van der Waals surface area contributed by atoms with E-state index in [4.69, 9.17) is 16.3 Å². The van der Waals surface area contributed by atoms with E-state index in [9.17, 15) is 4.79 Å². The first-order chi connectivity index (χ1) is 10.7. The molecule has 2 aliphatic heterocycles. The first-order valence-corrected chi connectivity index (χ1v) is 8.22. The number of fused-ring (bicyclic) bond motifs is 1. The lowest BCUT2D eigenvalue weighted by Crippen LogP contribution is -2.46. The number of benzene rings is 1. The van der Waals surface area contributed by atoms with Gasteiger partial charge in [0, 0.05) is 37.8 Å². The Morgan fingerprint density at radius 1 is 1.45 bits per heavy atom. The van der Waals surface area contributed by atoms with E-state index in [2.05, 4.69) is 10.6 Å². The molecule has 0 spiro atoms. The molecule has 1 aromatic carbocycles. The highest BCUT2D eigenvalue weighted by atomic mass is 35.5. The van der Waals surface area contributed by atoms with Crippen molar-refractivity contribution in [3.63, 3.8) is 0 Å². The average Bonchev–Trinajstić information content (AvgIpc) is 2.80. The Morgan fingerprint density at radius 2 is 2.36 bits per heavy atom. The van der Waals surface area contributed by atoms with Gasteiger partial charge in [-0.2, -0.15) is 0 Å². The molecule has 0 aromatic heterocycles. The molecule has 0 bridgehead atoms. The number of amides is 2. The molecule has 0 saturated carbocycles. The molecule has 0 radical (unpaired) electrons. The summed E-state index contributed by atoms with van der Waals surface area (Å²) in [6, 6.07) is 5.87.